The van der Waals surface area contributed by atoms with Gasteiger partial charge in [-0.25, -0.2) is 4.98 Å². The summed E-state index contributed by atoms with van der Waals surface area (Å²) in [5.41, 5.74) is 0. The van der Waals surface area contributed by atoms with E-state index in [1.165, 1.54) is 30.9 Å². The van der Waals surface area contributed by atoms with E-state index in [0.29, 0.717) is 12.1 Å². The summed E-state index contributed by atoms with van der Waals surface area (Å²) < 4.78 is 4.19. The number of hydrogen-bond acceptors (Lipinski definition) is 5. The zero-order valence-corrected chi connectivity index (χ0v) is 11.0. The van der Waals surface area contributed by atoms with Crippen LogP contribution in [0.4, 0.5) is 5.13 Å². The smallest absolute Gasteiger partial charge is 0.202 e. The predicted molar refractivity (Wildman–Crippen MR) is 68.0 cm³/mol. The van der Waals surface area contributed by atoms with Gasteiger partial charge in [0.25, 0.3) is 0 Å². The highest BCUT2D eigenvalue weighted by molar-refractivity contribution is 7.09. The van der Waals surface area contributed by atoms with Crippen LogP contribution >= 0.6 is 11.5 Å². The molecule has 0 spiro atoms. The molecule has 0 bridgehead atoms. The molecule has 1 N–H and O–H groups in total. The van der Waals surface area contributed by atoms with Crippen LogP contribution in [-0.4, -0.2) is 39.4 Å². The minimum Gasteiger partial charge on any atom is -0.357 e. The number of nitrogens with zero attached hydrogens (tertiary/aromatic N) is 3. The zero-order chi connectivity index (χ0) is 11.5. The summed E-state index contributed by atoms with van der Waals surface area (Å²) in [4.78, 5) is 6.88. The largest absolute Gasteiger partial charge is 0.357 e. The second-order valence-electron chi connectivity index (χ2n) is 4.49. The molecular weight excluding hydrogens is 220 g/mol. The van der Waals surface area contributed by atoms with Gasteiger partial charge in [-0.05, 0) is 33.2 Å². The lowest BCUT2D eigenvalue weighted by Gasteiger charge is -2.37. The molecule has 0 amide bonds. The van der Waals surface area contributed by atoms with Crippen molar-refractivity contribution in [2.45, 2.75) is 45.7 Å². The summed E-state index contributed by atoms with van der Waals surface area (Å²) in [6.45, 7) is 8.82. The van der Waals surface area contributed by atoms with E-state index in [-0.39, 0.29) is 0 Å². The molecule has 1 saturated heterocycles. The van der Waals surface area contributed by atoms with Crippen LogP contribution in [0.2, 0.25) is 0 Å². The van der Waals surface area contributed by atoms with Crippen molar-refractivity contribution in [3.63, 3.8) is 0 Å². The van der Waals surface area contributed by atoms with E-state index in [1.807, 2.05) is 6.92 Å². The van der Waals surface area contributed by atoms with Gasteiger partial charge in [0.05, 0.1) is 0 Å². The highest BCUT2D eigenvalue weighted by Gasteiger charge is 2.24. The molecule has 1 aromatic heterocycles. The minimum atomic E-state index is 0.560. The van der Waals surface area contributed by atoms with Crippen molar-refractivity contribution in [2.75, 3.05) is 18.4 Å². The van der Waals surface area contributed by atoms with Gasteiger partial charge in [0.2, 0.25) is 5.13 Å². The van der Waals surface area contributed by atoms with E-state index >= 15 is 0 Å². The zero-order valence-electron chi connectivity index (χ0n) is 10.2. The molecular formula is C11H20N4S. The maximum Gasteiger partial charge on any atom is 0.202 e. The number of rotatable bonds is 3. The Morgan fingerprint density at radius 1 is 1.56 bits per heavy atom. The van der Waals surface area contributed by atoms with Gasteiger partial charge in [0, 0.05) is 30.2 Å². The Bertz CT molecular complexity index is 338. The monoisotopic (exact) mass is 240 g/mol. The summed E-state index contributed by atoms with van der Waals surface area (Å²) in [7, 11) is 0. The Hall–Kier alpha value is -0.680. The van der Waals surface area contributed by atoms with Crippen LogP contribution in [0.5, 0.6) is 0 Å². The Balaban J connectivity index is 1.88. The Labute approximate surface area is 101 Å². The predicted octanol–water partition coefficient (Wildman–Crippen LogP) is 2.13. The van der Waals surface area contributed by atoms with Crippen molar-refractivity contribution in [3.8, 4) is 0 Å². The normalized spacial score (nSPS) is 26.9. The topological polar surface area (TPSA) is 41.0 Å². The molecule has 2 atom stereocenters. The van der Waals surface area contributed by atoms with E-state index in [1.54, 1.807) is 0 Å². The summed E-state index contributed by atoms with van der Waals surface area (Å²) >= 11 is 1.47. The molecule has 4 nitrogen and oxygen atoms in total. The van der Waals surface area contributed by atoms with E-state index in [9.17, 15) is 0 Å². The maximum absolute atomic E-state index is 4.35. The van der Waals surface area contributed by atoms with E-state index in [4.69, 9.17) is 0 Å². The molecule has 90 valence electrons. The van der Waals surface area contributed by atoms with Gasteiger partial charge in [-0.15, -0.1) is 0 Å². The number of aromatic nitrogens is 2. The molecule has 1 aromatic rings. The van der Waals surface area contributed by atoms with Crippen molar-refractivity contribution in [1.29, 1.82) is 0 Å². The first-order valence-corrected chi connectivity index (χ1v) is 6.77. The molecule has 1 fully saturated rings. The summed E-state index contributed by atoms with van der Waals surface area (Å²) in [5, 5.41) is 4.47. The van der Waals surface area contributed by atoms with Gasteiger partial charge >= 0.3 is 0 Å². The van der Waals surface area contributed by atoms with Crippen LogP contribution in [0.1, 0.15) is 32.5 Å². The minimum absolute atomic E-state index is 0.560. The van der Waals surface area contributed by atoms with Crippen LogP contribution in [0, 0.1) is 6.92 Å². The highest BCUT2D eigenvalue weighted by Crippen LogP contribution is 2.21. The molecule has 0 aromatic carbocycles. The third-order valence-corrected chi connectivity index (χ3v) is 4.01. The third-order valence-electron chi connectivity index (χ3n) is 3.28. The van der Waals surface area contributed by atoms with Crippen LogP contribution in [0.25, 0.3) is 0 Å². The van der Waals surface area contributed by atoms with Gasteiger partial charge in [-0.1, -0.05) is 6.92 Å². The molecule has 1 aliphatic rings. The SMILES string of the molecule is CCN1CC[C@@H](Nc2nc(C)ns2)C[C@H]1C. The first kappa shape index (κ1) is 11.8. The van der Waals surface area contributed by atoms with Gasteiger partial charge < -0.3 is 10.2 Å². The second kappa shape index (κ2) is 5.10. The lowest BCUT2D eigenvalue weighted by atomic mass is 9.98. The average molecular weight is 240 g/mol. The van der Waals surface area contributed by atoms with Crippen molar-refractivity contribution >= 4 is 16.7 Å². The molecule has 0 saturated carbocycles. The third kappa shape index (κ3) is 2.71. The molecule has 0 unspecified atom stereocenters. The molecule has 0 aliphatic carbocycles. The average Bonchev–Trinajstić information content (AvgIpc) is 2.64. The molecule has 5 heteroatoms. The van der Waals surface area contributed by atoms with Crippen molar-refractivity contribution in [3.05, 3.63) is 5.82 Å². The van der Waals surface area contributed by atoms with Crippen LogP contribution in [0.3, 0.4) is 0 Å². The summed E-state index contributed by atoms with van der Waals surface area (Å²) in [6.07, 6.45) is 2.41. The molecule has 2 heterocycles. The summed E-state index contributed by atoms with van der Waals surface area (Å²) in [5.74, 6) is 0.867. The molecule has 2 rings (SSSR count). The van der Waals surface area contributed by atoms with Crippen LogP contribution in [0.15, 0.2) is 0 Å². The number of hydrogen-bond donors (Lipinski definition) is 1. The fraction of sp³-hybridized carbons (Fsp3) is 0.818. The van der Waals surface area contributed by atoms with Crippen LogP contribution in [-0.2, 0) is 0 Å². The number of aryl methyl sites for hydroxylation is 1. The Morgan fingerprint density at radius 2 is 2.38 bits per heavy atom. The van der Waals surface area contributed by atoms with E-state index in [2.05, 4.69) is 33.4 Å². The van der Waals surface area contributed by atoms with Gasteiger partial charge in [-0.2, -0.15) is 4.37 Å². The molecule has 1 aliphatic heterocycles. The Kier molecular flexibility index (Phi) is 3.76. The standard InChI is InChI=1S/C11H20N4S/c1-4-15-6-5-10(7-8(15)2)13-11-12-9(3)14-16-11/h8,10H,4-7H2,1-3H3,(H,12,13,14)/t8-,10-/m1/s1. The lowest BCUT2D eigenvalue weighted by molar-refractivity contribution is 0.161. The number of piperidine rings is 1. The van der Waals surface area contributed by atoms with E-state index in [0.717, 1.165) is 17.5 Å². The maximum atomic E-state index is 4.35. The van der Waals surface area contributed by atoms with Crippen molar-refractivity contribution in [2.24, 2.45) is 0 Å². The molecule has 0 radical (unpaired) electrons. The van der Waals surface area contributed by atoms with Gasteiger partial charge in [0.1, 0.15) is 5.82 Å². The Morgan fingerprint density at radius 3 is 2.94 bits per heavy atom. The fourth-order valence-corrected chi connectivity index (χ4v) is 3.00. The summed E-state index contributed by atoms with van der Waals surface area (Å²) in [6, 6.07) is 1.23. The quantitative estimate of drug-likeness (QED) is 0.879. The molecule has 16 heavy (non-hydrogen) atoms. The van der Waals surface area contributed by atoms with Gasteiger partial charge in [0.15, 0.2) is 0 Å². The number of nitrogens with one attached hydrogen (secondary N) is 1. The van der Waals surface area contributed by atoms with Crippen molar-refractivity contribution in [1.82, 2.24) is 14.3 Å². The van der Waals surface area contributed by atoms with E-state index < -0.39 is 0 Å². The van der Waals surface area contributed by atoms with Crippen LogP contribution < -0.4 is 5.32 Å². The first-order valence-electron chi connectivity index (χ1n) is 6.00. The second-order valence-corrected chi connectivity index (χ2v) is 5.24. The fourth-order valence-electron chi connectivity index (χ4n) is 2.35. The number of anilines is 1. The number of likely N-dealkylation sites (tertiary alicyclic amines) is 1. The lowest BCUT2D eigenvalue weighted by Crippen LogP contribution is -2.44. The van der Waals surface area contributed by atoms with Gasteiger partial charge in [-0.3, -0.25) is 0 Å². The highest BCUT2D eigenvalue weighted by atomic mass is 32.1. The first-order chi connectivity index (χ1) is 7.69. The van der Waals surface area contributed by atoms with Crippen molar-refractivity contribution < 1.29 is 0 Å².